The maximum absolute atomic E-state index is 12.4. The third-order valence-corrected chi connectivity index (χ3v) is 8.04. The largest absolute Gasteiger partial charge is 0.368 e. The Labute approximate surface area is 215 Å². The summed E-state index contributed by atoms with van der Waals surface area (Å²) < 4.78 is 26.3. The molecule has 0 unspecified atom stereocenters. The quantitative estimate of drug-likeness (QED) is 0.353. The maximum atomic E-state index is 12.4. The molecule has 0 aliphatic carbocycles. The van der Waals surface area contributed by atoms with Crippen molar-refractivity contribution < 1.29 is 8.42 Å². The van der Waals surface area contributed by atoms with Gasteiger partial charge in [0, 0.05) is 38.9 Å². The molecule has 1 saturated heterocycles. The lowest BCUT2D eigenvalue weighted by Crippen LogP contribution is -2.44. The van der Waals surface area contributed by atoms with Gasteiger partial charge < -0.3 is 25.4 Å². The number of aromatic amines is 1. The van der Waals surface area contributed by atoms with Crippen LogP contribution >= 0.6 is 0 Å². The smallest absolute Gasteiger partial charge is 0.232 e. The van der Waals surface area contributed by atoms with Crippen molar-refractivity contribution in [1.82, 2.24) is 24.8 Å². The number of nitrogens with zero attached hydrogens (tertiary/aromatic N) is 6. The molecule has 6 rings (SSSR count). The highest BCUT2D eigenvalue weighted by Crippen LogP contribution is 2.39. The molecule has 2 aliphatic heterocycles. The molecule has 12 heteroatoms. The minimum Gasteiger partial charge on any atom is -0.368 e. The fourth-order valence-corrected chi connectivity index (χ4v) is 5.87. The number of H-pyrrole nitrogens is 1. The van der Waals surface area contributed by atoms with Gasteiger partial charge in [0.1, 0.15) is 17.3 Å². The van der Waals surface area contributed by atoms with E-state index in [2.05, 4.69) is 48.5 Å². The molecule has 0 radical (unpaired) electrons. The van der Waals surface area contributed by atoms with Gasteiger partial charge >= 0.3 is 0 Å². The van der Waals surface area contributed by atoms with E-state index in [0.717, 1.165) is 42.8 Å². The normalized spacial score (nSPS) is 16.3. The highest BCUT2D eigenvalue weighted by molar-refractivity contribution is 7.92. The van der Waals surface area contributed by atoms with Gasteiger partial charge in [-0.3, -0.25) is 4.31 Å². The van der Waals surface area contributed by atoms with Crippen LogP contribution in [0.3, 0.4) is 0 Å². The number of benzene rings is 1. The molecule has 3 N–H and O–H groups in total. The molecular formula is C25H29N9O2S. The summed E-state index contributed by atoms with van der Waals surface area (Å²) >= 11 is 0. The molecule has 1 aromatic carbocycles. The van der Waals surface area contributed by atoms with Crippen molar-refractivity contribution in [1.29, 1.82) is 0 Å². The van der Waals surface area contributed by atoms with E-state index in [9.17, 15) is 8.42 Å². The first-order chi connectivity index (χ1) is 17.8. The second-order valence-corrected chi connectivity index (χ2v) is 11.4. The van der Waals surface area contributed by atoms with Crippen molar-refractivity contribution in [3.8, 4) is 0 Å². The predicted molar refractivity (Wildman–Crippen MR) is 147 cm³/mol. The molecule has 0 spiro atoms. The summed E-state index contributed by atoms with van der Waals surface area (Å²) in [6, 6.07) is 11.6. The van der Waals surface area contributed by atoms with Gasteiger partial charge in [0.15, 0.2) is 0 Å². The highest BCUT2D eigenvalue weighted by atomic mass is 32.2. The summed E-state index contributed by atoms with van der Waals surface area (Å²) in [5.41, 5.74) is 4.08. The molecule has 2 aliphatic rings. The van der Waals surface area contributed by atoms with Crippen LogP contribution in [-0.2, 0) is 16.4 Å². The van der Waals surface area contributed by atoms with Gasteiger partial charge in [-0.2, -0.15) is 9.97 Å². The van der Waals surface area contributed by atoms with Crippen molar-refractivity contribution in [2.75, 3.05) is 65.9 Å². The first kappa shape index (κ1) is 23.5. The number of fused-ring (bicyclic) bond motifs is 2. The van der Waals surface area contributed by atoms with E-state index in [1.54, 1.807) is 6.20 Å². The second kappa shape index (κ2) is 9.20. The fraction of sp³-hybridized carbons (Fsp3) is 0.320. The van der Waals surface area contributed by atoms with Crippen LogP contribution in [0.15, 0.2) is 48.8 Å². The van der Waals surface area contributed by atoms with Crippen LogP contribution in [0.5, 0.6) is 0 Å². The van der Waals surface area contributed by atoms with Crippen LogP contribution in [0.2, 0.25) is 0 Å². The number of hydrogen-bond acceptors (Lipinski definition) is 9. The Morgan fingerprint density at radius 2 is 1.81 bits per heavy atom. The minimum atomic E-state index is -3.40. The van der Waals surface area contributed by atoms with Gasteiger partial charge in [-0.05, 0) is 43.3 Å². The van der Waals surface area contributed by atoms with E-state index >= 15 is 0 Å². The van der Waals surface area contributed by atoms with Crippen molar-refractivity contribution in [3.63, 3.8) is 0 Å². The Balaban J connectivity index is 1.28. The zero-order valence-electron chi connectivity index (χ0n) is 20.8. The number of sulfonamides is 1. The Hall–Kier alpha value is -3.90. The summed E-state index contributed by atoms with van der Waals surface area (Å²) in [6.07, 6.45) is 5.57. The standard InChI is InChI=1S/C25H29N9O2S/c1-32-12-14-33(15-13-32)18-6-7-21(27-16-18)29-25-30-23-19(8-10-26-23)24(31-25)28-20-5-3-4-17-9-11-34(22(17)20)37(2,35)36/h3-8,10,16H,9,11-15H2,1-2H3,(H3,26,27,28,29,30,31). The van der Waals surface area contributed by atoms with Gasteiger partial charge in [0.25, 0.3) is 0 Å². The number of hydrogen-bond donors (Lipinski definition) is 3. The molecule has 1 fully saturated rings. The molecule has 0 atom stereocenters. The van der Waals surface area contributed by atoms with Gasteiger partial charge in [-0.1, -0.05) is 12.1 Å². The number of rotatable bonds is 6. The van der Waals surface area contributed by atoms with Crippen LogP contribution in [-0.4, -0.2) is 79.3 Å². The van der Waals surface area contributed by atoms with E-state index in [0.29, 0.717) is 47.6 Å². The number of aromatic nitrogens is 4. The molecule has 11 nitrogen and oxygen atoms in total. The molecule has 5 heterocycles. The molecule has 3 aromatic heterocycles. The summed E-state index contributed by atoms with van der Waals surface area (Å²) in [7, 11) is -1.26. The summed E-state index contributed by atoms with van der Waals surface area (Å²) in [4.78, 5) is 21.7. The van der Waals surface area contributed by atoms with Gasteiger partial charge in [0.05, 0.1) is 34.9 Å². The lowest BCUT2D eigenvalue weighted by Gasteiger charge is -2.33. The zero-order valence-corrected chi connectivity index (χ0v) is 21.6. The maximum Gasteiger partial charge on any atom is 0.232 e. The van der Waals surface area contributed by atoms with Crippen molar-refractivity contribution in [2.45, 2.75) is 6.42 Å². The van der Waals surface area contributed by atoms with Crippen LogP contribution < -0.4 is 19.8 Å². The monoisotopic (exact) mass is 519 g/mol. The Bertz CT molecular complexity index is 1540. The van der Waals surface area contributed by atoms with Crippen LogP contribution in [0.4, 0.5) is 34.6 Å². The van der Waals surface area contributed by atoms with Crippen molar-refractivity contribution in [2.24, 2.45) is 0 Å². The molecule has 0 bridgehead atoms. The van der Waals surface area contributed by atoms with Crippen molar-refractivity contribution >= 4 is 55.7 Å². The van der Waals surface area contributed by atoms with Crippen LogP contribution in [0.1, 0.15) is 5.56 Å². The van der Waals surface area contributed by atoms with Crippen LogP contribution in [0.25, 0.3) is 11.0 Å². The first-order valence-corrected chi connectivity index (χ1v) is 14.1. The summed E-state index contributed by atoms with van der Waals surface area (Å²) in [6.45, 7) is 4.45. The molecule has 0 saturated carbocycles. The fourth-order valence-electron chi connectivity index (χ4n) is 4.90. The van der Waals surface area contributed by atoms with Crippen molar-refractivity contribution in [3.05, 3.63) is 54.4 Å². The Morgan fingerprint density at radius 1 is 0.973 bits per heavy atom. The third-order valence-electron chi connectivity index (χ3n) is 6.88. The predicted octanol–water partition coefficient (Wildman–Crippen LogP) is 2.91. The molecule has 4 aromatic rings. The van der Waals surface area contributed by atoms with E-state index in [1.807, 2.05) is 36.5 Å². The average molecular weight is 520 g/mol. The lowest BCUT2D eigenvalue weighted by atomic mass is 10.1. The number of piperazine rings is 1. The lowest BCUT2D eigenvalue weighted by molar-refractivity contribution is 0.313. The number of nitrogens with one attached hydrogen (secondary N) is 3. The topological polar surface area (TPSA) is 122 Å². The summed E-state index contributed by atoms with van der Waals surface area (Å²) in [5, 5.41) is 7.37. The molecule has 0 amide bonds. The van der Waals surface area contributed by atoms with Gasteiger partial charge in [0.2, 0.25) is 16.0 Å². The Morgan fingerprint density at radius 3 is 2.57 bits per heavy atom. The number of likely N-dealkylation sites (N-methyl/N-ethyl adjacent to an activating group) is 1. The zero-order chi connectivity index (χ0) is 25.6. The summed E-state index contributed by atoms with van der Waals surface area (Å²) in [5.74, 6) is 1.58. The average Bonchev–Trinajstić information content (AvgIpc) is 3.53. The highest BCUT2D eigenvalue weighted by Gasteiger charge is 2.29. The Kier molecular flexibility index (Phi) is 5.84. The SMILES string of the molecule is CN1CCN(c2ccc(Nc3nc(Nc4cccc5c4N(S(C)(=O)=O)CC5)c4cc[nH]c4n3)nc2)CC1. The number of para-hydroxylation sites is 1. The second-order valence-electron chi connectivity index (χ2n) is 9.48. The minimum absolute atomic E-state index is 0.379. The molecule has 37 heavy (non-hydrogen) atoms. The number of anilines is 6. The number of pyridine rings is 1. The molecule has 192 valence electrons. The van der Waals surface area contributed by atoms with Gasteiger partial charge in [-0.25, -0.2) is 13.4 Å². The van der Waals surface area contributed by atoms with E-state index in [-0.39, 0.29) is 0 Å². The van der Waals surface area contributed by atoms with E-state index in [4.69, 9.17) is 4.98 Å². The van der Waals surface area contributed by atoms with E-state index < -0.39 is 10.0 Å². The van der Waals surface area contributed by atoms with E-state index in [1.165, 1.54) is 10.6 Å². The third kappa shape index (κ3) is 4.65. The molecular weight excluding hydrogens is 490 g/mol. The first-order valence-electron chi connectivity index (χ1n) is 12.2. The van der Waals surface area contributed by atoms with Gasteiger partial charge in [-0.15, -0.1) is 0 Å². The van der Waals surface area contributed by atoms with Crippen LogP contribution in [0, 0.1) is 0 Å².